The van der Waals surface area contributed by atoms with E-state index in [0.717, 1.165) is 32.5 Å². The lowest BCUT2D eigenvalue weighted by Crippen LogP contribution is -2.37. The van der Waals surface area contributed by atoms with Crippen LogP contribution in [0.2, 0.25) is 0 Å². The van der Waals surface area contributed by atoms with E-state index in [4.69, 9.17) is 4.74 Å². The van der Waals surface area contributed by atoms with Crippen LogP contribution >= 0.6 is 0 Å². The summed E-state index contributed by atoms with van der Waals surface area (Å²) >= 11 is 0. The van der Waals surface area contributed by atoms with Gasteiger partial charge in [0.2, 0.25) is 5.95 Å². The van der Waals surface area contributed by atoms with Crippen molar-refractivity contribution in [3.05, 3.63) is 5.82 Å². The second kappa shape index (κ2) is 8.23. The van der Waals surface area contributed by atoms with E-state index in [9.17, 15) is 8.78 Å². The van der Waals surface area contributed by atoms with Gasteiger partial charge in [0.25, 0.3) is 6.43 Å². The van der Waals surface area contributed by atoms with Crippen LogP contribution in [-0.4, -0.2) is 61.5 Å². The zero-order chi connectivity index (χ0) is 15.1. The minimum absolute atomic E-state index is 0.225. The first kappa shape index (κ1) is 16.1. The van der Waals surface area contributed by atoms with Gasteiger partial charge in [0.05, 0.1) is 6.61 Å². The number of ether oxygens (including phenoxy) is 1. The van der Waals surface area contributed by atoms with Crippen molar-refractivity contribution >= 4 is 5.95 Å². The highest BCUT2D eigenvalue weighted by atomic mass is 19.3. The molecule has 1 fully saturated rings. The Kier molecular flexibility index (Phi) is 6.31. The molecule has 0 unspecified atom stereocenters. The van der Waals surface area contributed by atoms with Crippen LogP contribution in [0.5, 0.6) is 0 Å². The van der Waals surface area contributed by atoms with Gasteiger partial charge in [-0.3, -0.25) is 5.10 Å². The Labute approximate surface area is 123 Å². The standard InChI is InChI=1S/C13H23F2N5O/c1-16-8-10-2-5-20(6-3-10)13-17-12(18-19-13)4-7-21-9-11(14)15/h10-11,16H,2-9H2,1H3,(H,17,18,19). The van der Waals surface area contributed by atoms with Crippen molar-refractivity contribution < 1.29 is 13.5 Å². The third-order valence-electron chi connectivity index (χ3n) is 3.64. The zero-order valence-electron chi connectivity index (χ0n) is 12.3. The summed E-state index contributed by atoms with van der Waals surface area (Å²) in [6, 6.07) is 0. The van der Waals surface area contributed by atoms with Gasteiger partial charge in [0.1, 0.15) is 12.4 Å². The maximum atomic E-state index is 11.9. The van der Waals surface area contributed by atoms with Gasteiger partial charge in [-0.05, 0) is 32.4 Å². The molecule has 0 aliphatic carbocycles. The molecule has 0 saturated carbocycles. The molecule has 8 heteroatoms. The SMILES string of the molecule is CNCC1CCN(c2n[nH]c(CCOCC(F)F)n2)CC1. The minimum Gasteiger partial charge on any atom is -0.375 e. The Morgan fingerprint density at radius 2 is 2.19 bits per heavy atom. The van der Waals surface area contributed by atoms with Gasteiger partial charge in [0, 0.05) is 19.5 Å². The van der Waals surface area contributed by atoms with E-state index >= 15 is 0 Å². The third-order valence-corrected chi connectivity index (χ3v) is 3.64. The van der Waals surface area contributed by atoms with Gasteiger partial charge in [-0.2, -0.15) is 4.98 Å². The van der Waals surface area contributed by atoms with Gasteiger partial charge in [-0.1, -0.05) is 0 Å². The molecular formula is C13H23F2N5O. The van der Waals surface area contributed by atoms with Crippen molar-refractivity contribution in [2.24, 2.45) is 5.92 Å². The average molecular weight is 303 g/mol. The summed E-state index contributed by atoms with van der Waals surface area (Å²) in [4.78, 5) is 6.56. The van der Waals surface area contributed by atoms with Crippen molar-refractivity contribution in [3.8, 4) is 0 Å². The predicted octanol–water partition coefficient (Wildman–Crippen LogP) is 1.06. The number of halogens is 2. The largest absolute Gasteiger partial charge is 0.375 e. The van der Waals surface area contributed by atoms with Crippen molar-refractivity contribution in [1.82, 2.24) is 20.5 Å². The van der Waals surface area contributed by atoms with Crippen molar-refractivity contribution in [1.29, 1.82) is 0 Å². The highest BCUT2D eigenvalue weighted by Gasteiger charge is 2.21. The lowest BCUT2D eigenvalue weighted by atomic mass is 9.97. The quantitative estimate of drug-likeness (QED) is 0.703. The van der Waals surface area contributed by atoms with E-state index in [1.165, 1.54) is 0 Å². The van der Waals surface area contributed by atoms with Crippen molar-refractivity contribution in [3.63, 3.8) is 0 Å². The van der Waals surface area contributed by atoms with E-state index in [1.807, 2.05) is 7.05 Å². The van der Waals surface area contributed by atoms with Gasteiger partial charge in [-0.15, -0.1) is 5.10 Å². The Hall–Kier alpha value is -1.28. The molecule has 21 heavy (non-hydrogen) atoms. The predicted molar refractivity (Wildman–Crippen MR) is 75.8 cm³/mol. The van der Waals surface area contributed by atoms with Gasteiger partial charge >= 0.3 is 0 Å². The molecule has 1 aliphatic heterocycles. The number of piperidine rings is 1. The molecule has 1 saturated heterocycles. The van der Waals surface area contributed by atoms with Gasteiger partial charge in [0.15, 0.2) is 0 Å². The molecule has 120 valence electrons. The second-order valence-electron chi connectivity index (χ2n) is 5.29. The number of hydrogen-bond donors (Lipinski definition) is 2. The van der Waals surface area contributed by atoms with Gasteiger partial charge in [-0.25, -0.2) is 8.78 Å². The van der Waals surface area contributed by atoms with E-state index in [-0.39, 0.29) is 6.61 Å². The number of aromatic amines is 1. The molecular weight excluding hydrogens is 280 g/mol. The Balaban J connectivity index is 1.73. The molecule has 0 amide bonds. The molecule has 1 aliphatic rings. The number of aromatic nitrogens is 3. The highest BCUT2D eigenvalue weighted by molar-refractivity contribution is 5.29. The first-order valence-electron chi connectivity index (χ1n) is 7.35. The molecule has 0 atom stereocenters. The molecule has 1 aromatic heterocycles. The van der Waals surface area contributed by atoms with E-state index in [0.29, 0.717) is 24.1 Å². The number of nitrogens with one attached hydrogen (secondary N) is 2. The number of nitrogens with zero attached hydrogens (tertiary/aromatic N) is 3. The molecule has 0 aromatic carbocycles. The number of H-pyrrole nitrogens is 1. The number of rotatable bonds is 8. The van der Waals surface area contributed by atoms with E-state index < -0.39 is 13.0 Å². The van der Waals surface area contributed by atoms with Crippen LogP contribution < -0.4 is 10.2 Å². The summed E-state index contributed by atoms with van der Waals surface area (Å²) in [6.07, 6.45) is 0.301. The molecule has 2 N–H and O–H groups in total. The molecule has 6 nitrogen and oxygen atoms in total. The van der Waals surface area contributed by atoms with Crippen LogP contribution in [-0.2, 0) is 11.2 Å². The van der Waals surface area contributed by atoms with Crippen molar-refractivity contribution in [2.75, 3.05) is 44.8 Å². The third kappa shape index (κ3) is 5.20. The van der Waals surface area contributed by atoms with Gasteiger partial charge < -0.3 is 15.0 Å². The Bertz CT molecular complexity index is 407. The summed E-state index contributed by atoms with van der Waals surface area (Å²) in [5, 5.41) is 10.2. The van der Waals surface area contributed by atoms with Crippen LogP contribution in [0.25, 0.3) is 0 Å². The number of hydrogen-bond acceptors (Lipinski definition) is 5. The molecule has 0 bridgehead atoms. The molecule has 2 rings (SSSR count). The number of anilines is 1. The maximum absolute atomic E-state index is 11.9. The molecule has 2 heterocycles. The summed E-state index contributed by atoms with van der Waals surface area (Å²) in [5.41, 5.74) is 0. The Morgan fingerprint density at radius 1 is 1.43 bits per heavy atom. The van der Waals surface area contributed by atoms with E-state index in [2.05, 4.69) is 25.4 Å². The minimum atomic E-state index is -2.42. The molecule has 1 aromatic rings. The smallest absolute Gasteiger partial charge is 0.261 e. The summed E-state index contributed by atoms with van der Waals surface area (Å²) in [7, 11) is 1.98. The second-order valence-corrected chi connectivity index (χ2v) is 5.29. The first-order chi connectivity index (χ1) is 10.2. The molecule has 0 spiro atoms. The average Bonchev–Trinajstić information content (AvgIpc) is 2.93. The lowest BCUT2D eigenvalue weighted by molar-refractivity contribution is 0.0183. The fraction of sp³-hybridized carbons (Fsp3) is 0.846. The highest BCUT2D eigenvalue weighted by Crippen LogP contribution is 2.20. The summed E-state index contributed by atoms with van der Waals surface area (Å²) in [5.74, 6) is 2.09. The summed E-state index contributed by atoms with van der Waals surface area (Å²) in [6.45, 7) is 2.65. The van der Waals surface area contributed by atoms with Crippen LogP contribution in [0.15, 0.2) is 0 Å². The zero-order valence-corrected chi connectivity index (χ0v) is 12.3. The summed E-state index contributed by atoms with van der Waals surface area (Å²) < 4.78 is 28.7. The van der Waals surface area contributed by atoms with Crippen molar-refractivity contribution in [2.45, 2.75) is 25.7 Å². The van der Waals surface area contributed by atoms with Crippen LogP contribution in [0.4, 0.5) is 14.7 Å². The van der Waals surface area contributed by atoms with E-state index in [1.54, 1.807) is 0 Å². The van der Waals surface area contributed by atoms with Crippen LogP contribution in [0.3, 0.4) is 0 Å². The maximum Gasteiger partial charge on any atom is 0.261 e. The van der Waals surface area contributed by atoms with Crippen LogP contribution in [0, 0.1) is 5.92 Å². The topological polar surface area (TPSA) is 66.1 Å². The monoisotopic (exact) mass is 303 g/mol. The van der Waals surface area contributed by atoms with Crippen LogP contribution in [0.1, 0.15) is 18.7 Å². The fourth-order valence-corrected chi connectivity index (χ4v) is 2.51. The lowest BCUT2D eigenvalue weighted by Gasteiger charge is -2.30. The normalized spacial score (nSPS) is 16.9. The molecule has 0 radical (unpaired) electrons. The fourth-order valence-electron chi connectivity index (χ4n) is 2.51. The first-order valence-corrected chi connectivity index (χ1v) is 7.35. The Morgan fingerprint density at radius 3 is 2.86 bits per heavy atom. The number of alkyl halides is 2.